The molecule has 1 heterocycles. The van der Waals surface area contributed by atoms with Gasteiger partial charge in [0.2, 0.25) is 0 Å². The summed E-state index contributed by atoms with van der Waals surface area (Å²) in [5, 5.41) is 0. The number of nitrogens with zero attached hydrogens (tertiary/aromatic N) is 2. The zero-order valence-corrected chi connectivity index (χ0v) is 11.5. The Bertz CT molecular complexity index is 644. The van der Waals surface area contributed by atoms with Crippen molar-refractivity contribution in [1.82, 2.24) is 9.97 Å². The van der Waals surface area contributed by atoms with Crippen molar-refractivity contribution in [1.29, 1.82) is 0 Å². The van der Waals surface area contributed by atoms with Gasteiger partial charge in [0.05, 0.1) is 0 Å². The molecule has 3 heteroatoms. The van der Waals surface area contributed by atoms with Crippen molar-refractivity contribution in [2.45, 2.75) is 43.9 Å². The van der Waals surface area contributed by atoms with E-state index in [9.17, 15) is 0 Å². The van der Waals surface area contributed by atoms with Crippen molar-refractivity contribution >= 4 is 5.82 Å². The van der Waals surface area contributed by atoms with Gasteiger partial charge >= 0.3 is 0 Å². The van der Waals surface area contributed by atoms with Crippen LogP contribution in [0.25, 0.3) is 0 Å². The maximum Gasteiger partial charge on any atom is 0.138 e. The van der Waals surface area contributed by atoms with Crippen LogP contribution < -0.4 is 5.73 Å². The second-order valence-electron chi connectivity index (χ2n) is 6.01. The highest BCUT2D eigenvalue weighted by atomic mass is 15.0. The number of fused-ring (bicyclic) bond motifs is 1. The van der Waals surface area contributed by atoms with Crippen LogP contribution in [0.2, 0.25) is 0 Å². The molecule has 0 aliphatic heterocycles. The van der Waals surface area contributed by atoms with Gasteiger partial charge in [-0.25, -0.2) is 9.97 Å². The molecular formula is C17H19N3. The van der Waals surface area contributed by atoms with E-state index in [0.29, 0.717) is 17.7 Å². The Hall–Kier alpha value is -1.90. The predicted octanol–water partition coefficient (Wildman–Crippen LogP) is 3.40. The van der Waals surface area contributed by atoms with E-state index in [1.165, 1.54) is 36.8 Å². The second kappa shape index (κ2) is 4.58. The van der Waals surface area contributed by atoms with Crippen LogP contribution in [-0.2, 0) is 6.42 Å². The number of nitrogen functional groups attached to an aromatic ring is 1. The van der Waals surface area contributed by atoms with E-state index >= 15 is 0 Å². The minimum Gasteiger partial charge on any atom is -0.384 e. The normalized spacial score (nSPS) is 21.5. The minimum atomic E-state index is 0.342. The van der Waals surface area contributed by atoms with Gasteiger partial charge < -0.3 is 5.73 Å². The van der Waals surface area contributed by atoms with Gasteiger partial charge in [0.25, 0.3) is 0 Å². The van der Waals surface area contributed by atoms with Crippen LogP contribution in [0.4, 0.5) is 5.82 Å². The highest BCUT2D eigenvalue weighted by Crippen LogP contribution is 2.40. The maximum atomic E-state index is 6.01. The summed E-state index contributed by atoms with van der Waals surface area (Å²) in [6.07, 6.45) is 6.17. The maximum absolute atomic E-state index is 6.01. The number of rotatable bonds is 2. The quantitative estimate of drug-likeness (QED) is 0.905. The van der Waals surface area contributed by atoms with Crippen molar-refractivity contribution < 1.29 is 0 Å². The van der Waals surface area contributed by atoms with Crippen molar-refractivity contribution in [3.63, 3.8) is 0 Å². The smallest absolute Gasteiger partial charge is 0.138 e. The minimum absolute atomic E-state index is 0.342. The molecule has 2 N–H and O–H groups in total. The third-order valence-electron chi connectivity index (χ3n) is 4.72. The molecule has 1 aromatic heterocycles. The predicted molar refractivity (Wildman–Crippen MR) is 79.6 cm³/mol. The van der Waals surface area contributed by atoms with E-state index in [2.05, 4.69) is 29.2 Å². The SMILES string of the molecule is Nc1cc(C2CCCC2)nc(C2Cc3ccccc32)n1. The standard InChI is InChI=1S/C17H19N3/c18-16-10-15(11-5-1-2-6-11)19-17(20-16)14-9-12-7-3-4-8-13(12)14/h3-4,7-8,10-11,14H,1-2,5-6,9H2,(H2,18,19,20). The molecule has 2 aliphatic carbocycles. The first kappa shape index (κ1) is 11.9. The van der Waals surface area contributed by atoms with Crippen molar-refractivity contribution in [3.05, 3.63) is 53.0 Å². The molecule has 4 rings (SSSR count). The van der Waals surface area contributed by atoms with Crippen molar-refractivity contribution in [2.75, 3.05) is 5.73 Å². The molecule has 20 heavy (non-hydrogen) atoms. The van der Waals surface area contributed by atoms with Gasteiger partial charge in [0, 0.05) is 23.6 Å². The molecule has 0 spiro atoms. The van der Waals surface area contributed by atoms with Gasteiger partial charge in [-0.15, -0.1) is 0 Å². The summed E-state index contributed by atoms with van der Waals surface area (Å²) in [5.74, 6) is 2.48. The Balaban J connectivity index is 1.69. The lowest BCUT2D eigenvalue weighted by Gasteiger charge is -2.29. The Morgan fingerprint density at radius 1 is 1.05 bits per heavy atom. The van der Waals surface area contributed by atoms with E-state index in [0.717, 1.165) is 17.9 Å². The Labute approximate surface area is 119 Å². The molecule has 0 bridgehead atoms. The molecule has 0 amide bonds. The second-order valence-corrected chi connectivity index (χ2v) is 6.01. The fourth-order valence-corrected chi connectivity index (χ4v) is 3.58. The summed E-state index contributed by atoms with van der Waals surface area (Å²) < 4.78 is 0. The highest BCUT2D eigenvalue weighted by molar-refractivity contribution is 5.45. The number of aromatic nitrogens is 2. The van der Waals surface area contributed by atoms with E-state index in [1.807, 2.05) is 6.07 Å². The number of benzene rings is 1. The van der Waals surface area contributed by atoms with E-state index in [1.54, 1.807) is 0 Å². The fourth-order valence-electron chi connectivity index (χ4n) is 3.58. The largest absolute Gasteiger partial charge is 0.384 e. The topological polar surface area (TPSA) is 51.8 Å². The van der Waals surface area contributed by atoms with Gasteiger partial charge in [0.15, 0.2) is 0 Å². The zero-order valence-electron chi connectivity index (χ0n) is 11.5. The fraction of sp³-hybridized carbons (Fsp3) is 0.412. The van der Waals surface area contributed by atoms with Crippen LogP contribution in [0.3, 0.4) is 0 Å². The summed E-state index contributed by atoms with van der Waals surface area (Å²) in [6.45, 7) is 0. The Kier molecular flexibility index (Phi) is 2.72. The van der Waals surface area contributed by atoms with Crippen LogP contribution in [0, 0.1) is 0 Å². The molecule has 1 atom stereocenters. The van der Waals surface area contributed by atoms with Crippen molar-refractivity contribution in [2.24, 2.45) is 0 Å². The monoisotopic (exact) mass is 265 g/mol. The Morgan fingerprint density at radius 2 is 1.85 bits per heavy atom. The lowest BCUT2D eigenvalue weighted by atomic mass is 9.77. The van der Waals surface area contributed by atoms with Crippen LogP contribution in [0.1, 0.15) is 60.2 Å². The van der Waals surface area contributed by atoms with Gasteiger partial charge in [-0.2, -0.15) is 0 Å². The molecule has 2 aromatic rings. The molecule has 1 saturated carbocycles. The molecule has 1 unspecified atom stereocenters. The summed E-state index contributed by atoms with van der Waals surface area (Å²) in [5.41, 5.74) is 9.97. The third kappa shape index (κ3) is 1.89. The average Bonchev–Trinajstić information content (AvgIpc) is 2.93. The highest BCUT2D eigenvalue weighted by Gasteiger charge is 2.30. The van der Waals surface area contributed by atoms with Gasteiger partial charge in [-0.1, -0.05) is 37.1 Å². The number of nitrogens with two attached hydrogens (primary N) is 1. The zero-order chi connectivity index (χ0) is 13.5. The van der Waals surface area contributed by atoms with Crippen LogP contribution >= 0.6 is 0 Å². The first-order valence-electron chi connectivity index (χ1n) is 7.53. The van der Waals surface area contributed by atoms with Crippen LogP contribution in [-0.4, -0.2) is 9.97 Å². The van der Waals surface area contributed by atoms with Crippen LogP contribution in [0.15, 0.2) is 30.3 Å². The first-order valence-corrected chi connectivity index (χ1v) is 7.53. The van der Waals surface area contributed by atoms with E-state index < -0.39 is 0 Å². The number of anilines is 1. The number of hydrogen-bond donors (Lipinski definition) is 1. The molecule has 102 valence electrons. The Morgan fingerprint density at radius 3 is 2.65 bits per heavy atom. The number of hydrogen-bond acceptors (Lipinski definition) is 3. The van der Waals surface area contributed by atoms with Crippen LogP contribution in [0.5, 0.6) is 0 Å². The molecule has 2 aliphatic rings. The summed E-state index contributed by atoms with van der Waals surface area (Å²) in [4.78, 5) is 9.34. The lowest BCUT2D eigenvalue weighted by molar-refractivity contribution is 0.631. The van der Waals surface area contributed by atoms with Gasteiger partial charge in [-0.3, -0.25) is 0 Å². The molecule has 1 fully saturated rings. The summed E-state index contributed by atoms with van der Waals surface area (Å²) in [7, 11) is 0. The molecule has 0 saturated heterocycles. The lowest BCUT2D eigenvalue weighted by Crippen LogP contribution is -2.21. The van der Waals surface area contributed by atoms with Crippen molar-refractivity contribution in [3.8, 4) is 0 Å². The van der Waals surface area contributed by atoms with E-state index in [4.69, 9.17) is 10.7 Å². The van der Waals surface area contributed by atoms with Gasteiger partial charge in [0.1, 0.15) is 11.6 Å². The molecular weight excluding hydrogens is 246 g/mol. The third-order valence-corrected chi connectivity index (χ3v) is 4.72. The average molecular weight is 265 g/mol. The summed E-state index contributed by atoms with van der Waals surface area (Å²) in [6, 6.07) is 10.5. The summed E-state index contributed by atoms with van der Waals surface area (Å²) >= 11 is 0. The molecule has 3 nitrogen and oxygen atoms in total. The van der Waals surface area contributed by atoms with E-state index in [-0.39, 0.29) is 0 Å². The molecule has 0 radical (unpaired) electrons. The van der Waals surface area contributed by atoms with Gasteiger partial charge in [-0.05, 0) is 30.4 Å². The molecule has 1 aromatic carbocycles. The first-order chi connectivity index (χ1) is 9.81.